The van der Waals surface area contributed by atoms with Crippen LogP contribution in [0.25, 0.3) is 0 Å². The SMILES string of the molecule is CC(CC1CC1)NCC(C)(CO)CO. The normalized spacial score (nSPS) is 19.7. The molecule has 0 aliphatic heterocycles. The zero-order valence-corrected chi connectivity index (χ0v) is 9.29. The van der Waals surface area contributed by atoms with Crippen molar-refractivity contribution in [2.45, 2.75) is 39.2 Å². The Kier molecular flexibility index (Phi) is 4.35. The standard InChI is InChI=1S/C11H23NO2/c1-9(5-10-3-4-10)12-6-11(2,7-13)8-14/h9-10,12-14H,3-8H2,1-2H3. The van der Waals surface area contributed by atoms with Gasteiger partial charge in [0.15, 0.2) is 0 Å². The van der Waals surface area contributed by atoms with Gasteiger partial charge in [-0.05, 0) is 19.3 Å². The van der Waals surface area contributed by atoms with Crippen LogP contribution in [0.15, 0.2) is 0 Å². The molecule has 1 saturated carbocycles. The fraction of sp³-hybridized carbons (Fsp3) is 1.00. The third kappa shape index (κ3) is 3.95. The summed E-state index contributed by atoms with van der Waals surface area (Å²) in [5.41, 5.74) is -0.377. The monoisotopic (exact) mass is 201 g/mol. The van der Waals surface area contributed by atoms with Gasteiger partial charge in [0.1, 0.15) is 0 Å². The second kappa shape index (κ2) is 5.10. The summed E-state index contributed by atoms with van der Waals surface area (Å²) in [6.07, 6.45) is 3.99. The molecule has 1 fully saturated rings. The molecule has 0 aromatic heterocycles. The van der Waals surface area contributed by atoms with Crippen molar-refractivity contribution in [2.24, 2.45) is 11.3 Å². The van der Waals surface area contributed by atoms with E-state index in [0.29, 0.717) is 12.6 Å². The fourth-order valence-corrected chi connectivity index (χ4v) is 1.52. The molecule has 0 amide bonds. The fourth-order valence-electron chi connectivity index (χ4n) is 1.52. The third-order valence-electron chi connectivity index (χ3n) is 3.02. The Balaban J connectivity index is 2.16. The van der Waals surface area contributed by atoms with Gasteiger partial charge in [-0.3, -0.25) is 0 Å². The molecule has 14 heavy (non-hydrogen) atoms. The lowest BCUT2D eigenvalue weighted by Gasteiger charge is -2.27. The second-order valence-corrected chi connectivity index (χ2v) is 5.09. The molecule has 1 unspecified atom stereocenters. The van der Waals surface area contributed by atoms with Crippen molar-refractivity contribution in [3.63, 3.8) is 0 Å². The van der Waals surface area contributed by atoms with Gasteiger partial charge >= 0.3 is 0 Å². The maximum absolute atomic E-state index is 9.09. The number of hydrogen-bond acceptors (Lipinski definition) is 3. The molecule has 1 aliphatic carbocycles. The maximum atomic E-state index is 9.09. The first kappa shape index (κ1) is 12.0. The molecule has 0 spiro atoms. The Hall–Kier alpha value is -0.120. The summed E-state index contributed by atoms with van der Waals surface area (Å²) in [5.74, 6) is 0.923. The molecular formula is C11H23NO2. The highest BCUT2D eigenvalue weighted by Crippen LogP contribution is 2.33. The van der Waals surface area contributed by atoms with E-state index < -0.39 is 0 Å². The summed E-state index contributed by atoms with van der Waals surface area (Å²) in [5, 5.41) is 21.6. The van der Waals surface area contributed by atoms with Crippen LogP contribution in [0.4, 0.5) is 0 Å². The minimum Gasteiger partial charge on any atom is -0.396 e. The van der Waals surface area contributed by atoms with Crippen molar-refractivity contribution < 1.29 is 10.2 Å². The predicted molar refractivity (Wildman–Crippen MR) is 57.1 cm³/mol. The van der Waals surface area contributed by atoms with Gasteiger partial charge in [0, 0.05) is 18.0 Å². The zero-order valence-electron chi connectivity index (χ0n) is 9.29. The number of rotatable bonds is 7. The van der Waals surface area contributed by atoms with Crippen molar-refractivity contribution in [2.75, 3.05) is 19.8 Å². The van der Waals surface area contributed by atoms with E-state index in [1.807, 2.05) is 6.92 Å². The lowest BCUT2D eigenvalue weighted by Crippen LogP contribution is -2.41. The van der Waals surface area contributed by atoms with Crippen molar-refractivity contribution >= 4 is 0 Å². The molecule has 3 heteroatoms. The summed E-state index contributed by atoms with van der Waals surface area (Å²) in [6.45, 7) is 4.82. The van der Waals surface area contributed by atoms with Crippen LogP contribution in [0.3, 0.4) is 0 Å². The van der Waals surface area contributed by atoms with Gasteiger partial charge in [0.2, 0.25) is 0 Å². The van der Waals surface area contributed by atoms with E-state index in [9.17, 15) is 0 Å². The topological polar surface area (TPSA) is 52.5 Å². The Morgan fingerprint density at radius 1 is 1.36 bits per heavy atom. The molecule has 3 N–H and O–H groups in total. The molecule has 0 bridgehead atoms. The molecule has 0 aromatic carbocycles. The lowest BCUT2D eigenvalue weighted by atomic mass is 9.92. The van der Waals surface area contributed by atoms with Crippen LogP contribution < -0.4 is 5.32 Å². The van der Waals surface area contributed by atoms with Gasteiger partial charge in [-0.1, -0.05) is 19.8 Å². The average molecular weight is 201 g/mol. The average Bonchev–Trinajstić information content (AvgIpc) is 2.98. The number of aliphatic hydroxyl groups is 2. The van der Waals surface area contributed by atoms with Crippen LogP contribution in [0.2, 0.25) is 0 Å². The Morgan fingerprint density at radius 3 is 2.36 bits per heavy atom. The largest absolute Gasteiger partial charge is 0.396 e. The van der Waals surface area contributed by atoms with Gasteiger partial charge in [-0.25, -0.2) is 0 Å². The molecule has 1 rings (SSSR count). The molecule has 3 nitrogen and oxygen atoms in total. The minimum atomic E-state index is -0.377. The smallest absolute Gasteiger partial charge is 0.0518 e. The van der Waals surface area contributed by atoms with Crippen molar-refractivity contribution in [3.05, 3.63) is 0 Å². The first-order chi connectivity index (χ1) is 6.59. The van der Waals surface area contributed by atoms with Gasteiger partial charge < -0.3 is 15.5 Å². The van der Waals surface area contributed by atoms with Crippen molar-refractivity contribution in [1.82, 2.24) is 5.32 Å². The van der Waals surface area contributed by atoms with E-state index in [2.05, 4.69) is 12.2 Å². The summed E-state index contributed by atoms with van der Waals surface area (Å²) in [7, 11) is 0. The van der Waals surface area contributed by atoms with Crippen LogP contribution in [-0.2, 0) is 0 Å². The van der Waals surface area contributed by atoms with Gasteiger partial charge in [0.05, 0.1) is 13.2 Å². The Morgan fingerprint density at radius 2 is 1.93 bits per heavy atom. The summed E-state index contributed by atoms with van der Waals surface area (Å²) >= 11 is 0. The molecule has 1 atom stereocenters. The second-order valence-electron chi connectivity index (χ2n) is 5.09. The summed E-state index contributed by atoms with van der Waals surface area (Å²) < 4.78 is 0. The molecule has 1 aliphatic rings. The van der Waals surface area contributed by atoms with Crippen LogP contribution in [0, 0.1) is 11.3 Å². The number of aliphatic hydroxyl groups excluding tert-OH is 2. The van der Waals surface area contributed by atoms with Crippen LogP contribution in [-0.4, -0.2) is 36.0 Å². The van der Waals surface area contributed by atoms with E-state index in [-0.39, 0.29) is 18.6 Å². The van der Waals surface area contributed by atoms with Gasteiger partial charge in [-0.15, -0.1) is 0 Å². The van der Waals surface area contributed by atoms with Crippen LogP contribution in [0.5, 0.6) is 0 Å². The highest BCUT2D eigenvalue weighted by molar-refractivity contribution is 4.81. The van der Waals surface area contributed by atoms with Crippen LogP contribution >= 0.6 is 0 Å². The first-order valence-electron chi connectivity index (χ1n) is 5.55. The first-order valence-corrected chi connectivity index (χ1v) is 5.55. The number of nitrogens with one attached hydrogen (secondary N) is 1. The third-order valence-corrected chi connectivity index (χ3v) is 3.02. The molecule has 0 radical (unpaired) electrons. The van der Waals surface area contributed by atoms with E-state index in [0.717, 1.165) is 5.92 Å². The molecule has 0 heterocycles. The molecular weight excluding hydrogens is 178 g/mol. The predicted octanol–water partition coefficient (Wildman–Crippen LogP) is 0.756. The summed E-state index contributed by atoms with van der Waals surface area (Å²) in [4.78, 5) is 0. The number of hydrogen-bond donors (Lipinski definition) is 3. The van der Waals surface area contributed by atoms with E-state index in [1.165, 1.54) is 19.3 Å². The Bertz CT molecular complexity index is 165. The highest BCUT2D eigenvalue weighted by Gasteiger charge is 2.26. The summed E-state index contributed by atoms with van der Waals surface area (Å²) in [6, 6.07) is 0.500. The van der Waals surface area contributed by atoms with Crippen molar-refractivity contribution in [3.8, 4) is 0 Å². The van der Waals surface area contributed by atoms with Crippen molar-refractivity contribution in [1.29, 1.82) is 0 Å². The van der Waals surface area contributed by atoms with Gasteiger partial charge in [0.25, 0.3) is 0 Å². The maximum Gasteiger partial charge on any atom is 0.0518 e. The van der Waals surface area contributed by atoms with E-state index in [4.69, 9.17) is 10.2 Å². The quantitative estimate of drug-likeness (QED) is 0.570. The Labute approximate surface area is 86.5 Å². The molecule has 0 aromatic rings. The zero-order chi connectivity index (χ0) is 10.6. The minimum absolute atomic E-state index is 0.0344. The van der Waals surface area contributed by atoms with Crippen LogP contribution in [0.1, 0.15) is 33.1 Å². The van der Waals surface area contributed by atoms with E-state index in [1.54, 1.807) is 0 Å². The molecule has 0 saturated heterocycles. The highest BCUT2D eigenvalue weighted by atomic mass is 16.3. The lowest BCUT2D eigenvalue weighted by molar-refractivity contribution is 0.0674. The molecule has 84 valence electrons. The van der Waals surface area contributed by atoms with Gasteiger partial charge in [-0.2, -0.15) is 0 Å². The van der Waals surface area contributed by atoms with E-state index >= 15 is 0 Å².